The number of aromatic hydroxyl groups is 1. The molecule has 1 aromatic carbocycles. The summed E-state index contributed by atoms with van der Waals surface area (Å²) in [6.07, 6.45) is 1.93. The van der Waals surface area contributed by atoms with Crippen molar-refractivity contribution in [1.29, 1.82) is 0 Å². The van der Waals surface area contributed by atoms with Crippen LogP contribution in [0, 0.1) is 0 Å². The van der Waals surface area contributed by atoms with Gasteiger partial charge < -0.3 is 5.11 Å². The van der Waals surface area contributed by atoms with Crippen LogP contribution in [0.5, 0.6) is 5.75 Å². The number of hydrogen-bond acceptors (Lipinski definition) is 2. The van der Waals surface area contributed by atoms with Crippen LogP contribution in [-0.4, -0.2) is 11.4 Å². The van der Waals surface area contributed by atoms with E-state index in [0.717, 1.165) is 9.37 Å². The maximum atomic E-state index is 9.24. The maximum absolute atomic E-state index is 9.24. The fourth-order valence-electron chi connectivity index (χ4n) is 0.663. The van der Waals surface area contributed by atoms with Crippen molar-refractivity contribution < 1.29 is 5.11 Å². The molecule has 0 atom stereocenters. The second kappa shape index (κ2) is 3.30. The minimum absolute atomic E-state index is 0.335. The van der Waals surface area contributed by atoms with Crippen molar-refractivity contribution in [2.24, 2.45) is 0 Å². The minimum atomic E-state index is 0.335. The van der Waals surface area contributed by atoms with E-state index in [1.165, 1.54) is 11.8 Å². The molecule has 1 nitrogen and oxygen atoms in total. The van der Waals surface area contributed by atoms with Crippen LogP contribution in [-0.2, 0) is 0 Å². The average molecular weight is 219 g/mol. The second-order valence-electron chi connectivity index (χ2n) is 1.82. The Morgan fingerprint density at radius 1 is 1.50 bits per heavy atom. The predicted octanol–water partition coefficient (Wildman–Crippen LogP) is 2.88. The van der Waals surface area contributed by atoms with Gasteiger partial charge in [-0.2, -0.15) is 0 Å². The van der Waals surface area contributed by atoms with Gasteiger partial charge in [-0.05, 0) is 24.5 Å². The van der Waals surface area contributed by atoms with Gasteiger partial charge in [-0.1, -0.05) is 15.9 Å². The Morgan fingerprint density at radius 2 is 2.20 bits per heavy atom. The summed E-state index contributed by atoms with van der Waals surface area (Å²) in [4.78, 5) is 0.906. The van der Waals surface area contributed by atoms with Crippen LogP contribution in [0.4, 0.5) is 0 Å². The van der Waals surface area contributed by atoms with Crippen LogP contribution >= 0.6 is 27.7 Å². The molecule has 0 fully saturated rings. The molecule has 0 aliphatic heterocycles. The van der Waals surface area contributed by atoms with Crippen LogP contribution < -0.4 is 0 Å². The summed E-state index contributed by atoms with van der Waals surface area (Å²) in [6, 6.07) is 5.47. The van der Waals surface area contributed by atoms with Gasteiger partial charge in [-0.25, -0.2) is 0 Å². The lowest BCUT2D eigenvalue weighted by molar-refractivity contribution is 0.462. The van der Waals surface area contributed by atoms with E-state index in [1.807, 2.05) is 18.4 Å². The molecule has 0 unspecified atom stereocenters. The van der Waals surface area contributed by atoms with Gasteiger partial charge in [0.15, 0.2) is 0 Å². The summed E-state index contributed by atoms with van der Waals surface area (Å²) in [5.41, 5.74) is 0. The number of phenolic OH excluding ortho intramolecular Hbond substituents is 1. The number of phenols is 1. The van der Waals surface area contributed by atoms with Gasteiger partial charge in [0.25, 0.3) is 0 Å². The molecule has 1 aromatic rings. The number of thioether (sulfide) groups is 1. The van der Waals surface area contributed by atoms with Crippen LogP contribution in [0.25, 0.3) is 0 Å². The third-order valence-corrected chi connectivity index (χ3v) is 2.42. The zero-order valence-corrected chi connectivity index (χ0v) is 7.87. The van der Waals surface area contributed by atoms with Crippen molar-refractivity contribution >= 4 is 27.7 Å². The van der Waals surface area contributed by atoms with E-state index in [-0.39, 0.29) is 0 Å². The molecule has 0 saturated carbocycles. The normalized spacial score (nSPS) is 9.80. The monoisotopic (exact) mass is 218 g/mol. The molecular formula is C7H7BrOS. The standard InChI is InChI=1S/C7H7BrOS/c1-10-7-3-2-5(8)4-6(7)9/h2-4,9H,1H3. The van der Waals surface area contributed by atoms with Gasteiger partial charge in [0.1, 0.15) is 5.75 Å². The molecule has 3 heteroatoms. The number of benzene rings is 1. The zero-order valence-electron chi connectivity index (χ0n) is 5.47. The largest absolute Gasteiger partial charge is 0.507 e. The first-order chi connectivity index (χ1) is 4.74. The number of rotatable bonds is 1. The first-order valence-electron chi connectivity index (χ1n) is 2.76. The van der Waals surface area contributed by atoms with Gasteiger partial charge in [0.2, 0.25) is 0 Å². The Balaban J connectivity index is 3.07. The summed E-state index contributed by atoms with van der Waals surface area (Å²) in [5, 5.41) is 9.24. The van der Waals surface area contributed by atoms with Gasteiger partial charge in [0.05, 0.1) is 0 Å². The van der Waals surface area contributed by atoms with Crippen LogP contribution in [0.2, 0.25) is 0 Å². The van der Waals surface area contributed by atoms with E-state index in [9.17, 15) is 5.11 Å². The average Bonchev–Trinajstić information content (AvgIpc) is 1.88. The molecular weight excluding hydrogens is 212 g/mol. The molecule has 0 aliphatic rings. The summed E-state index contributed by atoms with van der Waals surface area (Å²) in [5.74, 6) is 0.335. The van der Waals surface area contributed by atoms with Gasteiger partial charge in [-0.15, -0.1) is 11.8 Å². The van der Waals surface area contributed by atoms with Crippen molar-refractivity contribution in [1.82, 2.24) is 0 Å². The SMILES string of the molecule is CSc1ccc(Br)cc1O. The topological polar surface area (TPSA) is 20.2 Å². The van der Waals surface area contributed by atoms with E-state index >= 15 is 0 Å². The molecule has 0 heterocycles. The lowest BCUT2D eigenvalue weighted by Gasteiger charge is -1.99. The minimum Gasteiger partial charge on any atom is -0.507 e. The number of hydrogen-bond donors (Lipinski definition) is 1. The summed E-state index contributed by atoms with van der Waals surface area (Å²) >= 11 is 4.79. The molecule has 1 N–H and O–H groups in total. The van der Waals surface area contributed by atoms with Crippen LogP contribution in [0.1, 0.15) is 0 Å². The Labute approximate surface area is 72.6 Å². The van der Waals surface area contributed by atoms with Crippen molar-refractivity contribution in [3.05, 3.63) is 22.7 Å². The lowest BCUT2D eigenvalue weighted by atomic mass is 10.3. The summed E-state index contributed by atoms with van der Waals surface area (Å²) in [6.45, 7) is 0. The van der Waals surface area contributed by atoms with Crippen molar-refractivity contribution in [3.63, 3.8) is 0 Å². The molecule has 54 valence electrons. The highest BCUT2D eigenvalue weighted by Gasteiger charge is 1.97. The molecule has 0 amide bonds. The van der Waals surface area contributed by atoms with Crippen molar-refractivity contribution in [2.45, 2.75) is 4.90 Å². The lowest BCUT2D eigenvalue weighted by Crippen LogP contribution is -1.71. The van der Waals surface area contributed by atoms with Crippen molar-refractivity contribution in [2.75, 3.05) is 6.26 Å². The van der Waals surface area contributed by atoms with E-state index in [4.69, 9.17) is 0 Å². The third-order valence-electron chi connectivity index (χ3n) is 1.14. The Kier molecular flexibility index (Phi) is 2.63. The highest BCUT2D eigenvalue weighted by Crippen LogP contribution is 2.28. The Hall–Kier alpha value is -0.150. The molecule has 0 saturated heterocycles. The van der Waals surface area contributed by atoms with E-state index in [1.54, 1.807) is 6.07 Å². The summed E-state index contributed by atoms with van der Waals surface area (Å²) in [7, 11) is 0. The molecule has 0 bridgehead atoms. The first kappa shape index (κ1) is 7.95. The summed E-state index contributed by atoms with van der Waals surface area (Å²) < 4.78 is 0.905. The van der Waals surface area contributed by atoms with E-state index in [0.29, 0.717) is 5.75 Å². The highest BCUT2D eigenvalue weighted by molar-refractivity contribution is 9.10. The Morgan fingerprint density at radius 3 is 2.70 bits per heavy atom. The molecule has 0 spiro atoms. The van der Waals surface area contributed by atoms with Gasteiger partial charge in [0, 0.05) is 9.37 Å². The fourth-order valence-corrected chi connectivity index (χ4v) is 1.48. The number of halogens is 1. The zero-order chi connectivity index (χ0) is 7.56. The smallest absolute Gasteiger partial charge is 0.130 e. The molecule has 0 aliphatic carbocycles. The molecule has 0 radical (unpaired) electrons. The molecule has 0 aromatic heterocycles. The maximum Gasteiger partial charge on any atom is 0.130 e. The first-order valence-corrected chi connectivity index (χ1v) is 4.78. The van der Waals surface area contributed by atoms with E-state index in [2.05, 4.69) is 15.9 Å². The molecule has 1 rings (SSSR count). The third kappa shape index (κ3) is 1.67. The quantitative estimate of drug-likeness (QED) is 0.733. The van der Waals surface area contributed by atoms with Gasteiger partial charge >= 0.3 is 0 Å². The fraction of sp³-hybridized carbons (Fsp3) is 0.143. The highest BCUT2D eigenvalue weighted by atomic mass is 79.9. The van der Waals surface area contributed by atoms with Crippen LogP contribution in [0.15, 0.2) is 27.6 Å². The second-order valence-corrected chi connectivity index (χ2v) is 3.58. The van der Waals surface area contributed by atoms with E-state index < -0.39 is 0 Å². The van der Waals surface area contributed by atoms with Crippen LogP contribution in [0.3, 0.4) is 0 Å². The Bertz CT molecular complexity index is 237. The van der Waals surface area contributed by atoms with Gasteiger partial charge in [-0.3, -0.25) is 0 Å². The van der Waals surface area contributed by atoms with Crippen molar-refractivity contribution in [3.8, 4) is 5.75 Å². The predicted molar refractivity (Wildman–Crippen MR) is 47.6 cm³/mol. The molecule has 10 heavy (non-hydrogen) atoms.